The van der Waals surface area contributed by atoms with Gasteiger partial charge in [0.05, 0.1) is 4.88 Å². The van der Waals surface area contributed by atoms with E-state index in [4.69, 9.17) is 0 Å². The van der Waals surface area contributed by atoms with Crippen molar-refractivity contribution in [1.29, 1.82) is 0 Å². The van der Waals surface area contributed by atoms with E-state index in [1.54, 1.807) is 12.1 Å². The molecule has 5 nitrogen and oxygen atoms in total. The van der Waals surface area contributed by atoms with E-state index in [1.165, 1.54) is 17.8 Å². The fraction of sp³-hybridized carbons (Fsp3) is 0.400. The Balaban J connectivity index is 1.41. The monoisotopic (exact) mass is 369 g/mol. The molecule has 0 atom stereocenters. The van der Waals surface area contributed by atoms with Gasteiger partial charge in [0.25, 0.3) is 11.8 Å². The quantitative estimate of drug-likeness (QED) is 0.873. The topological polar surface area (TPSA) is 61.4 Å². The minimum atomic E-state index is -0.141. The number of thiophene rings is 1. The van der Waals surface area contributed by atoms with Crippen molar-refractivity contribution in [2.75, 3.05) is 31.5 Å². The Labute approximate surface area is 157 Å². The molecule has 136 valence electrons. The molecule has 4 rings (SSSR count). The van der Waals surface area contributed by atoms with Crippen LogP contribution in [-0.2, 0) is 0 Å². The van der Waals surface area contributed by atoms with Gasteiger partial charge in [-0.1, -0.05) is 12.1 Å². The number of carbonyl (C=O) groups is 2. The highest BCUT2D eigenvalue weighted by atomic mass is 32.1. The molecule has 3 heterocycles. The maximum atomic E-state index is 12.9. The molecular formula is C20H23N3O2S. The van der Waals surface area contributed by atoms with Crippen LogP contribution in [0.15, 0.2) is 41.8 Å². The number of rotatable bonds is 3. The van der Waals surface area contributed by atoms with E-state index in [9.17, 15) is 9.59 Å². The molecule has 1 aromatic carbocycles. The van der Waals surface area contributed by atoms with Crippen molar-refractivity contribution in [3.63, 3.8) is 0 Å². The standard InChI is InChI=1S/C20H23N3O2S/c24-18(17-5-2-12-26-17)22-16-4-1-3-15(13-16)19(25)23-10-7-20(8-11-23)6-9-21-14-20/h1-5,12-13,21H,6-11,14H2,(H,22,24). The fourth-order valence-corrected chi connectivity index (χ4v) is 4.54. The summed E-state index contributed by atoms with van der Waals surface area (Å²) in [5.41, 5.74) is 1.69. The van der Waals surface area contributed by atoms with Gasteiger partial charge in [-0.2, -0.15) is 0 Å². The van der Waals surface area contributed by atoms with E-state index in [2.05, 4.69) is 10.6 Å². The molecule has 0 unspecified atom stereocenters. The predicted octanol–water partition coefficient (Wildman–Crippen LogP) is 3.22. The SMILES string of the molecule is O=C(Nc1cccc(C(=O)N2CCC3(CCNC3)CC2)c1)c1cccs1. The van der Waals surface area contributed by atoms with E-state index in [-0.39, 0.29) is 11.8 Å². The van der Waals surface area contributed by atoms with Crippen molar-refractivity contribution in [1.82, 2.24) is 10.2 Å². The van der Waals surface area contributed by atoms with Crippen LogP contribution in [0.1, 0.15) is 39.3 Å². The zero-order chi connectivity index (χ0) is 18.0. The van der Waals surface area contributed by atoms with E-state index >= 15 is 0 Å². The molecular weight excluding hydrogens is 346 g/mol. The normalized spacial score (nSPS) is 18.8. The van der Waals surface area contributed by atoms with Gasteiger partial charge in [-0.05, 0) is 60.9 Å². The van der Waals surface area contributed by atoms with Crippen LogP contribution in [-0.4, -0.2) is 42.9 Å². The van der Waals surface area contributed by atoms with Gasteiger partial charge in [0, 0.05) is 30.9 Å². The molecule has 2 fully saturated rings. The minimum Gasteiger partial charge on any atom is -0.339 e. The van der Waals surface area contributed by atoms with Gasteiger partial charge in [-0.3, -0.25) is 9.59 Å². The number of amides is 2. The molecule has 2 saturated heterocycles. The van der Waals surface area contributed by atoms with Crippen molar-refractivity contribution in [2.24, 2.45) is 5.41 Å². The van der Waals surface area contributed by atoms with Crippen LogP contribution in [0.4, 0.5) is 5.69 Å². The van der Waals surface area contributed by atoms with Crippen LogP contribution in [0, 0.1) is 5.41 Å². The van der Waals surface area contributed by atoms with Crippen molar-refractivity contribution < 1.29 is 9.59 Å². The lowest BCUT2D eigenvalue weighted by molar-refractivity contribution is 0.0607. The molecule has 0 bridgehead atoms. The molecule has 0 radical (unpaired) electrons. The fourth-order valence-electron chi connectivity index (χ4n) is 3.92. The summed E-state index contributed by atoms with van der Waals surface area (Å²) in [6, 6.07) is 10.9. The van der Waals surface area contributed by atoms with Crippen molar-refractivity contribution in [3.05, 3.63) is 52.2 Å². The summed E-state index contributed by atoms with van der Waals surface area (Å²) in [4.78, 5) is 27.7. The molecule has 2 aliphatic heterocycles. The highest BCUT2D eigenvalue weighted by molar-refractivity contribution is 7.12. The summed E-state index contributed by atoms with van der Waals surface area (Å²) in [6.45, 7) is 3.80. The van der Waals surface area contributed by atoms with Crippen LogP contribution >= 0.6 is 11.3 Å². The molecule has 0 aliphatic carbocycles. The van der Waals surface area contributed by atoms with Gasteiger partial charge < -0.3 is 15.5 Å². The Morgan fingerprint density at radius 3 is 2.65 bits per heavy atom. The van der Waals surface area contributed by atoms with Gasteiger partial charge in [0.2, 0.25) is 0 Å². The Kier molecular flexibility index (Phi) is 4.78. The van der Waals surface area contributed by atoms with Crippen molar-refractivity contribution in [3.8, 4) is 0 Å². The first-order chi connectivity index (χ1) is 12.7. The molecule has 2 aliphatic rings. The summed E-state index contributed by atoms with van der Waals surface area (Å²) in [6.07, 6.45) is 3.36. The Morgan fingerprint density at radius 1 is 1.12 bits per heavy atom. The summed E-state index contributed by atoms with van der Waals surface area (Å²) < 4.78 is 0. The largest absolute Gasteiger partial charge is 0.339 e. The number of nitrogens with one attached hydrogen (secondary N) is 2. The first kappa shape index (κ1) is 17.2. The average molecular weight is 369 g/mol. The number of hydrogen-bond donors (Lipinski definition) is 2. The van der Waals surface area contributed by atoms with Gasteiger partial charge in [-0.25, -0.2) is 0 Å². The first-order valence-electron chi connectivity index (χ1n) is 9.10. The first-order valence-corrected chi connectivity index (χ1v) is 9.98. The summed E-state index contributed by atoms with van der Waals surface area (Å²) >= 11 is 1.40. The molecule has 1 aromatic heterocycles. The average Bonchev–Trinajstić information content (AvgIpc) is 3.35. The predicted molar refractivity (Wildman–Crippen MR) is 104 cm³/mol. The van der Waals surface area contributed by atoms with Crippen LogP contribution in [0.3, 0.4) is 0 Å². The molecule has 2 amide bonds. The molecule has 6 heteroatoms. The highest BCUT2D eigenvalue weighted by Crippen LogP contribution is 2.37. The number of benzene rings is 1. The third kappa shape index (κ3) is 3.52. The third-order valence-electron chi connectivity index (χ3n) is 5.56. The smallest absolute Gasteiger partial charge is 0.265 e. The Bertz CT molecular complexity index is 787. The third-order valence-corrected chi connectivity index (χ3v) is 6.42. The van der Waals surface area contributed by atoms with Gasteiger partial charge in [-0.15, -0.1) is 11.3 Å². The van der Waals surface area contributed by atoms with Crippen LogP contribution < -0.4 is 10.6 Å². The molecule has 1 spiro atoms. The number of hydrogen-bond acceptors (Lipinski definition) is 4. The lowest BCUT2D eigenvalue weighted by Gasteiger charge is -2.39. The summed E-state index contributed by atoms with van der Waals surface area (Å²) in [7, 11) is 0. The van der Waals surface area contributed by atoms with E-state index in [0.717, 1.165) is 39.0 Å². The number of anilines is 1. The zero-order valence-electron chi connectivity index (χ0n) is 14.7. The van der Waals surface area contributed by atoms with Crippen LogP contribution in [0.25, 0.3) is 0 Å². The summed E-state index contributed by atoms with van der Waals surface area (Å²) in [5.74, 6) is -0.0868. The van der Waals surface area contributed by atoms with Crippen molar-refractivity contribution >= 4 is 28.8 Å². The lowest BCUT2D eigenvalue weighted by atomic mass is 9.78. The minimum absolute atomic E-state index is 0.0537. The number of carbonyl (C=O) groups excluding carboxylic acids is 2. The number of piperidine rings is 1. The van der Waals surface area contributed by atoms with Crippen molar-refractivity contribution in [2.45, 2.75) is 19.3 Å². The molecule has 2 aromatic rings. The van der Waals surface area contributed by atoms with Crippen LogP contribution in [0.5, 0.6) is 0 Å². The van der Waals surface area contributed by atoms with Crippen LogP contribution in [0.2, 0.25) is 0 Å². The maximum absolute atomic E-state index is 12.9. The van der Waals surface area contributed by atoms with E-state index in [0.29, 0.717) is 21.5 Å². The second-order valence-electron chi connectivity index (χ2n) is 7.23. The van der Waals surface area contributed by atoms with Gasteiger partial charge >= 0.3 is 0 Å². The van der Waals surface area contributed by atoms with E-state index < -0.39 is 0 Å². The highest BCUT2D eigenvalue weighted by Gasteiger charge is 2.38. The van der Waals surface area contributed by atoms with Gasteiger partial charge in [0.1, 0.15) is 0 Å². The zero-order valence-corrected chi connectivity index (χ0v) is 15.5. The molecule has 2 N–H and O–H groups in total. The Hall–Kier alpha value is -2.18. The number of nitrogens with zero attached hydrogens (tertiary/aromatic N) is 1. The molecule has 26 heavy (non-hydrogen) atoms. The number of likely N-dealkylation sites (tertiary alicyclic amines) is 1. The second-order valence-corrected chi connectivity index (χ2v) is 8.18. The molecule has 0 saturated carbocycles. The van der Waals surface area contributed by atoms with E-state index in [1.807, 2.05) is 34.5 Å². The maximum Gasteiger partial charge on any atom is 0.265 e. The Morgan fingerprint density at radius 2 is 1.96 bits per heavy atom. The summed E-state index contributed by atoms with van der Waals surface area (Å²) in [5, 5.41) is 8.20. The second kappa shape index (κ2) is 7.21. The lowest BCUT2D eigenvalue weighted by Crippen LogP contribution is -2.44. The van der Waals surface area contributed by atoms with Gasteiger partial charge in [0.15, 0.2) is 0 Å².